The first-order valence-corrected chi connectivity index (χ1v) is 10.2. The molecule has 2 aromatic carbocycles. The van der Waals surface area contributed by atoms with E-state index in [1.807, 2.05) is 13.8 Å². The monoisotopic (exact) mass is 433 g/mol. The number of nitro groups is 1. The molecule has 0 fully saturated rings. The van der Waals surface area contributed by atoms with Crippen molar-refractivity contribution in [1.82, 2.24) is 14.8 Å². The van der Waals surface area contributed by atoms with Crippen molar-refractivity contribution >= 4 is 17.4 Å². The summed E-state index contributed by atoms with van der Waals surface area (Å²) in [5.74, 6) is 0.137. The number of hydrogen-bond acceptors (Lipinski definition) is 6. The van der Waals surface area contributed by atoms with Crippen LogP contribution in [0.2, 0.25) is 0 Å². The van der Waals surface area contributed by atoms with Gasteiger partial charge in [0.1, 0.15) is 11.9 Å². The van der Waals surface area contributed by atoms with E-state index in [-0.39, 0.29) is 28.3 Å². The Bertz CT molecular complexity index is 1290. The van der Waals surface area contributed by atoms with Crippen LogP contribution in [0.5, 0.6) is 0 Å². The highest BCUT2D eigenvalue weighted by molar-refractivity contribution is 6.00. The van der Waals surface area contributed by atoms with Crippen molar-refractivity contribution in [2.24, 2.45) is 5.41 Å². The van der Waals surface area contributed by atoms with Gasteiger partial charge in [-0.2, -0.15) is 4.98 Å². The number of nitrogens with zero attached hydrogens (tertiary/aromatic N) is 4. The number of allylic oxidation sites excluding steroid dienone is 2. The van der Waals surface area contributed by atoms with Crippen molar-refractivity contribution in [2.45, 2.75) is 32.7 Å². The van der Waals surface area contributed by atoms with Crippen LogP contribution in [-0.4, -0.2) is 25.5 Å². The zero-order chi connectivity index (χ0) is 22.6. The molecule has 9 heteroatoms. The number of nitro benzene ring substituents is 1. The minimum absolute atomic E-state index is 0.0132. The van der Waals surface area contributed by atoms with Gasteiger partial charge in [-0.3, -0.25) is 14.9 Å². The summed E-state index contributed by atoms with van der Waals surface area (Å²) in [6.45, 7) is 4.06. The predicted molar refractivity (Wildman–Crippen MR) is 115 cm³/mol. The number of aromatic nitrogens is 3. The average molecular weight is 433 g/mol. The maximum Gasteiger partial charge on any atom is 0.269 e. The van der Waals surface area contributed by atoms with Crippen LogP contribution in [-0.2, 0) is 4.79 Å². The van der Waals surface area contributed by atoms with Gasteiger partial charge in [-0.15, -0.1) is 5.10 Å². The summed E-state index contributed by atoms with van der Waals surface area (Å²) in [7, 11) is 0. The summed E-state index contributed by atoms with van der Waals surface area (Å²) < 4.78 is 16.0. The molecule has 0 saturated carbocycles. The molecule has 5 rings (SSSR count). The van der Waals surface area contributed by atoms with Gasteiger partial charge in [0.25, 0.3) is 5.69 Å². The highest BCUT2D eigenvalue weighted by atomic mass is 19.1. The summed E-state index contributed by atoms with van der Waals surface area (Å²) in [5.41, 5.74) is 1.98. The third-order valence-corrected chi connectivity index (χ3v) is 5.87. The number of carbonyl (C=O) groups excluding carboxylic acids is 1. The number of non-ortho nitro benzene ring substituents is 1. The Labute approximate surface area is 182 Å². The minimum Gasteiger partial charge on any atom is -0.328 e. The van der Waals surface area contributed by atoms with Gasteiger partial charge in [-0.1, -0.05) is 26.0 Å². The van der Waals surface area contributed by atoms with E-state index in [2.05, 4.69) is 15.4 Å². The molecule has 0 spiro atoms. The molecule has 0 radical (unpaired) electrons. The number of anilines is 1. The quantitative estimate of drug-likeness (QED) is 0.476. The van der Waals surface area contributed by atoms with Crippen molar-refractivity contribution in [1.29, 1.82) is 0 Å². The fourth-order valence-corrected chi connectivity index (χ4v) is 4.45. The Hall–Kier alpha value is -3.88. The van der Waals surface area contributed by atoms with Crippen LogP contribution >= 0.6 is 0 Å². The Kier molecular flexibility index (Phi) is 4.44. The molecule has 1 aliphatic heterocycles. The normalized spacial score (nSPS) is 19.2. The predicted octanol–water partition coefficient (Wildman–Crippen LogP) is 4.65. The Morgan fingerprint density at radius 1 is 1.16 bits per heavy atom. The third-order valence-electron chi connectivity index (χ3n) is 5.87. The Morgan fingerprint density at radius 2 is 1.88 bits per heavy atom. The lowest BCUT2D eigenvalue weighted by molar-refractivity contribution is -0.384. The molecule has 3 aromatic rings. The molecule has 0 amide bonds. The molecule has 0 saturated heterocycles. The molecule has 2 heterocycles. The fourth-order valence-electron chi connectivity index (χ4n) is 4.45. The maximum atomic E-state index is 14.4. The number of carbonyl (C=O) groups is 1. The molecule has 1 N–H and O–H groups in total. The number of rotatable bonds is 3. The van der Waals surface area contributed by atoms with Gasteiger partial charge in [0.05, 0.1) is 10.5 Å². The van der Waals surface area contributed by atoms with Crippen LogP contribution in [0.4, 0.5) is 16.0 Å². The zero-order valence-electron chi connectivity index (χ0n) is 17.5. The van der Waals surface area contributed by atoms with Crippen LogP contribution < -0.4 is 5.32 Å². The molecule has 1 aliphatic carbocycles. The number of benzene rings is 2. The first-order chi connectivity index (χ1) is 15.2. The SMILES string of the molecule is CC1(C)CC(=O)C2=C(C1)Nc1nc(-c3ccccc3F)nn1C2c1ccc([N+](=O)[O-])cc1. The topological polar surface area (TPSA) is 103 Å². The van der Waals surface area contributed by atoms with Gasteiger partial charge in [0.2, 0.25) is 5.95 Å². The van der Waals surface area contributed by atoms with Gasteiger partial charge in [0, 0.05) is 29.8 Å². The Balaban J connectivity index is 1.68. The number of fused-ring (bicyclic) bond motifs is 1. The van der Waals surface area contributed by atoms with Gasteiger partial charge in [-0.05, 0) is 41.7 Å². The number of ketones is 1. The van der Waals surface area contributed by atoms with Crippen LogP contribution in [0, 0.1) is 21.3 Å². The number of Topliss-reactive ketones (excluding diaryl/α,β-unsaturated/α-hetero) is 1. The number of halogens is 1. The molecule has 0 bridgehead atoms. The third kappa shape index (κ3) is 3.26. The molecular weight excluding hydrogens is 413 g/mol. The number of hydrogen-bond donors (Lipinski definition) is 1. The van der Waals surface area contributed by atoms with E-state index in [0.29, 0.717) is 29.9 Å². The van der Waals surface area contributed by atoms with Crippen LogP contribution in [0.15, 0.2) is 59.8 Å². The highest BCUT2D eigenvalue weighted by Crippen LogP contribution is 2.45. The lowest BCUT2D eigenvalue weighted by Gasteiger charge is -2.38. The first-order valence-electron chi connectivity index (χ1n) is 10.2. The molecule has 1 aromatic heterocycles. The largest absolute Gasteiger partial charge is 0.328 e. The summed E-state index contributed by atoms with van der Waals surface area (Å²) in [5, 5.41) is 18.9. The minimum atomic E-state index is -0.612. The highest BCUT2D eigenvalue weighted by Gasteiger charge is 2.42. The van der Waals surface area contributed by atoms with E-state index in [4.69, 9.17) is 0 Å². The average Bonchev–Trinajstić information content (AvgIpc) is 3.15. The van der Waals surface area contributed by atoms with Crippen LogP contribution in [0.25, 0.3) is 11.4 Å². The van der Waals surface area contributed by atoms with Gasteiger partial charge >= 0.3 is 0 Å². The second kappa shape index (κ2) is 7.08. The molecular formula is C23H20FN5O3. The summed E-state index contributed by atoms with van der Waals surface area (Å²) in [6, 6.07) is 11.7. The summed E-state index contributed by atoms with van der Waals surface area (Å²) >= 11 is 0. The van der Waals surface area contributed by atoms with Crippen LogP contribution in [0.1, 0.15) is 38.3 Å². The summed E-state index contributed by atoms with van der Waals surface area (Å²) in [6.07, 6.45) is 1.01. The summed E-state index contributed by atoms with van der Waals surface area (Å²) in [4.78, 5) is 28.4. The number of nitrogens with one attached hydrogen (secondary N) is 1. The van der Waals surface area contributed by atoms with Crippen molar-refractivity contribution in [3.63, 3.8) is 0 Å². The second-order valence-corrected chi connectivity index (χ2v) is 8.89. The van der Waals surface area contributed by atoms with E-state index in [9.17, 15) is 19.3 Å². The maximum absolute atomic E-state index is 14.4. The van der Waals surface area contributed by atoms with Crippen molar-refractivity contribution in [2.75, 3.05) is 5.32 Å². The Morgan fingerprint density at radius 3 is 2.56 bits per heavy atom. The first kappa shape index (κ1) is 20.0. The zero-order valence-corrected chi connectivity index (χ0v) is 17.5. The smallest absolute Gasteiger partial charge is 0.269 e. The van der Waals surface area contributed by atoms with Crippen molar-refractivity contribution in [3.05, 3.63) is 81.3 Å². The second-order valence-electron chi connectivity index (χ2n) is 8.89. The molecule has 32 heavy (non-hydrogen) atoms. The standard InChI is InChI=1S/C23H20FN5O3/c1-23(2)11-17-19(18(30)12-23)20(13-7-9-14(10-8-13)29(31)32)28-22(25-17)26-21(27-28)15-5-3-4-6-16(15)24/h3-10,20H,11-12H2,1-2H3,(H,25,26,27). The van der Waals surface area contributed by atoms with E-state index < -0.39 is 16.8 Å². The van der Waals surface area contributed by atoms with E-state index in [0.717, 1.165) is 5.70 Å². The fraction of sp³-hybridized carbons (Fsp3) is 0.261. The van der Waals surface area contributed by atoms with Crippen molar-refractivity contribution < 1.29 is 14.1 Å². The van der Waals surface area contributed by atoms with Gasteiger partial charge < -0.3 is 5.32 Å². The lowest BCUT2D eigenvalue weighted by Crippen LogP contribution is -2.36. The molecule has 1 unspecified atom stereocenters. The molecule has 2 aliphatic rings. The van der Waals surface area contributed by atoms with E-state index in [1.54, 1.807) is 35.0 Å². The van der Waals surface area contributed by atoms with E-state index in [1.165, 1.54) is 18.2 Å². The molecule has 162 valence electrons. The van der Waals surface area contributed by atoms with Gasteiger partial charge in [0.15, 0.2) is 11.6 Å². The van der Waals surface area contributed by atoms with Gasteiger partial charge in [-0.25, -0.2) is 9.07 Å². The lowest BCUT2D eigenvalue weighted by atomic mass is 9.73. The molecule has 1 atom stereocenters. The van der Waals surface area contributed by atoms with Crippen LogP contribution in [0.3, 0.4) is 0 Å². The van der Waals surface area contributed by atoms with E-state index >= 15 is 0 Å². The van der Waals surface area contributed by atoms with Crippen molar-refractivity contribution in [3.8, 4) is 11.4 Å². The molecule has 8 nitrogen and oxygen atoms in total.